The second-order valence-electron chi connectivity index (χ2n) is 6.10. The van der Waals surface area contributed by atoms with E-state index in [0.717, 1.165) is 0 Å². The first-order chi connectivity index (χ1) is 14.4. The van der Waals surface area contributed by atoms with Gasteiger partial charge in [0.05, 0.1) is 17.6 Å². The number of carbonyl (C=O) groups is 2. The number of nitrogens with zero attached hydrogens (tertiary/aromatic N) is 5. The van der Waals surface area contributed by atoms with Crippen molar-refractivity contribution in [1.29, 1.82) is 0 Å². The van der Waals surface area contributed by atoms with E-state index in [4.69, 9.17) is 16.3 Å². The maximum atomic E-state index is 12.4. The van der Waals surface area contributed by atoms with E-state index in [0.29, 0.717) is 28.5 Å². The zero-order valence-corrected chi connectivity index (χ0v) is 17.1. The SMILES string of the molecule is CNC(=O)Nc1ccc(-c2nnn(C)c2NC(=O)O[C@H](C)c2cccnc2Cl)nc1. The van der Waals surface area contributed by atoms with E-state index in [2.05, 4.69) is 36.2 Å². The molecule has 0 bridgehead atoms. The number of carbonyl (C=O) groups excluding carboxylic acids is 2. The maximum absolute atomic E-state index is 12.4. The Morgan fingerprint density at radius 3 is 2.67 bits per heavy atom. The summed E-state index contributed by atoms with van der Waals surface area (Å²) in [6.07, 6.45) is 1.68. The lowest BCUT2D eigenvalue weighted by Crippen LogP contribution is -2.24. The molecule has 0 aliphatic carbocycles. The number of amides is 3. The first-order valence-electron chi connectivity index (χ1n) is 8.82. The van der Waals surface area contributed by atoms with Gasteiger partial charge in [0, 0.05) is 25.9 Å². The minimum Gasteiger partial charge on any atom is -0.441 e. The highest BCUT2D eigenvalue weighted by molar-refractivity contribution is 6.30. The number of nitrogens with one attached hydrogen (secondary N) is 3. The van der Waals surface area contributed by atoms with Crippen LogP contribution in [-0.4, -0.2) is 44.1 Å². The lowest BCUT2D eigenvalue weighted by atomic mass is 10.2. The van der Waals surface area contributed by atoms with Crippen molar-refractivity contribution in [2.24, 2.45) is 7.05 Å². The van der Waals surface area contributed by atoms with Gasteiger partial charge in [-0.3, -0.25) is 10.3 Å². The van der Waals surface area contributed by atoms with Gasteiger partial charge in [-0.25, -0.2) is 19.3 Å². The molecule has 0 saturated heterocycles. The zero-order chi connectivity index (χ0) is 21.7. The van der Waals surface area contributed by atoms with Crippen LogP contribution in [0.1, 0.15) is 18.6 Å². The van der Waals surface area contributed by atoms with Crippen LogP contribution in [0, 0.1) is 0 Å². The molecule has 1 atom stereocenters. The molecular formula is C18H19ClN8O3. The summed E-state index contributed by atoms with van der Waals surface area (Å²) < 4.78 is 6.78. The molecule has 0 saturated carbocycles. The molecule has 0 unspecified atom stereocenters. The van der Waals surface area contributed by atoms with Crippen LogP contribution in [0.3, 0.4) is 0 Å². The first kappa shape index (κ1) is 21.0. The Hall–Kier alpha value is -3.73. The van der Waals surface area contributed by atoms with Gasteiger partial charge >= 0.3 is 12.1 Å². The van der Waals surface area contributed by atoms with Crippen molar-refractivity contribution in [3.8, 4) is 11.4 Å². The molecule has 11 nitrogen and oxygen atoms in total. The number of rotatable bonds is 5. The Morgan fingerprint density at radius 1 is 1.20 bits per heavy atom. The zero-order valence-electron chi connectivity index (χ0n) is 16.4. The number of hydrogen-bond acceptors (Lipinski definition) is 7. The van der Waals surface area contributed by atoms with Crippen LogP contribution in [0.5, 0.6) is 0 Å². The van der Waals surface area contributed by atoms with Gasteiger partial charge in [-0.2, -0.15) is 0 Å². The lowest BCUT2D eigenvalue weighted by Gasteiger charge is -2.15. The van der Waals surface area contributed by atoms with Crippen molar-refractivity contribution in [2.75, 3.05) is 17.7 Å². The number of ether oxygens (including phenoxy) is 1. The fourth-order valence-electron chi connectivity index (χ4n) is 2.52. The summed E-state index contributed by atoms with van der Waals surface area (Å²) in [6, 6.07) is 6.36. The van der Waals surface area contributed by atoms with Crippen molar-refractivity contribution in [3.05, 3.63) is 47.4 Å². The van der Waals surface area contributed by atoms with Crippen molar-refractivity contribution in [1.82, 2.24) is 30.3 Å². The number of aromatic nitrogens is 5. The van der Waals surface area contributed by atoms with E-state index < -0.39 is 12.2 Å². The fraction of sp³-hybridized carbons (Fsp3) is 0.222. The van der Waals surface area contributed by atoms with Crippen LogP contribution in [0.25, 0.3) is 11.4 Å². The summed E-state index contributed by atoms with van der Waals surface area (Å²) in [4.78, 5) is 32.0. The van der Waals surface area contributed by atoms with Crippen LogP contribution >= 0.6 is 11.6 Å². The van der Waals surface area contributed by atoms with Gasteiger partial charge in [0.2, 0.25) is 0 Å². The number of pyridine rings is 2. The van der Waals surface area contributed by atoms with Gasteiger partial charge < -0.3 is 15.4 Å². The molecule has 0 radical (unpaired) electrons. The molecule has 0 spiro atoms. The molecule has 156 valence electrons. The molecule has 3 aromatic heterocycles. The van der Waals surface area contributed by atoms with E-state index >= 15 is 0 Å². The third-order valence-corrected chi connectivity index (χ3v) is 4.36. The summed E-state index contributed by atoms with van der Waals surface area (Å²) in [5, 5.41) is 15.9. The molecular weight excluding hydrogens is 412 g/mol. The first-order valence-corrected chi connectivity index (χ1v) is 9.19. The molecule has 3 N–H and O–H groups in total. The number of anilines is 2. The predicted molar refractivity (Wildman–Crippen MR) is 110 cm³/mol. The van der Waals surface area contributed by atoms with Crippen molar-refractivity contribution in [3.63, 3.8) is 0 Å². The molecule has 0 fully saturated rings. The van der Waals surface area contributed by atoms with Crippen LogP contribution in [0.15, 0.2) is 36.7 Å². The molecule has 3 aromatic rings. The topological polar surface area (TPSA) is 136 Å². The van der Waals surface area contributed by atoms with E-state index in [-0.39, 0.29) is 11.2 Å². The van der Waals surface area contributed by atoms with E-state index in [9.17, 15) is 9.59 Å². The Bertz CT molecular complexity index is 1050. The van der Waals surface area contributed by atoms with Gasteiger partial charge in [0.15, 0.2) is 11.5 Å². The minimum absolute atomic E-state index is 0.260. The van der Waals surface area contributed by atoms with Crippen LogP contribution in [0.4, 0.5) is 21.1 Å². The monoisotopic (exact) mass is 430 g/mol. The van der Waals surface area contributed by atoms with Crippen molar-refractivity contribution < 1.29 is 14.3 Å². The summed E-state index contributed by atoms with van der Waals surface area (Å²) in [5.74, 6) is 0.295. The Balaban J connectivity index is 1.73. The van der Waals surface area contributed by atoms with Gasteiger partial charge in [0.1, 0.15) is 11.3 Å². The van der Waals surface area contributed by atoms with E-state index in [1.54, 1.807) is 44.4 Å². The maximum Gasteiger partial charge on any atom is 0.413 e. The van der Waals surface area contributed by atoms with E-state index in [1.807, 2.05) is 0 Å². The standard InChI is InChI=1S/C18H19ClN8O3/c1-10(12-5-4-8-21-15(12)19)30-18(29)24-16-14(25-26-27(16)3)13-7-6-11(9-22-13)23-17(28)20-2/h4-10H,1-3H3,(H,24,29)(H2,20,23,28)/t10-/m1/s1. The molecule has 3 amide bonds. The smallest absolute Gasteiger partial charge is 0.413 e. The minimum atomic E-state index is -0.716. The highest BCUT2D eigenvalue weighted by Gasteiger charge is 2.20. The van der Waals surface area contributed by atoms with Crippen LogP contribution in [-0.2, 0) is 11.8 Å². The van der Waals surface area contributed by atoms with Crippen LogP contribution < -0.4 is 16.0 Å². The number of halogens is 1. The predicted octanol–water partition coefficient (Wildman–Crippen LogP) is 2.99. The highest BCUT2D eigenvalue weighted by atomic mass is 35.5. The van der Waals surface area contributed by atoms with Gasteiger partial charge in [-0.05, 0) is 25.1 Å². The van der Waals surface area contributed by atoms with Crippen molar-refractivity contribution in [2.45, 2.75) is 13.0 Å². The van der Waals surface area contributed by atoms with Gasteiger partial charge in [-0.15, -0.1) is 5.10 Å². The van der Waals surface area contributed by atoms with Crippen molar-refractivity contribution >= 4 is 35.2 Å². The second-order valence-corrected chi connectivity index (χ2v) is 6.46. The largest absolute Gasteiger partial charge is 0.441 e. The molecule has 12 heteroatoms. The number of hydrogen-bond donors (Lipinski definition) is 3. The normalized spacial score (nSPS) is 11.5. The fourth-order valence-corrected chi connectivity index (χ4v) is 2.80. The average molecular weight is 431 g/mol. The second kappa shape index (κ2) is 9.18. The Labute approximate surface area is 176 Å². The number of aryl methyl sites for hydroxylation is 1. The molecule has 30 heavy (non-hydrogen) atoms. The summed E-state index contributed by atoms with van der Waals surface area (Å²) in [7, 11) is 3.13. The average Bonchev–Trinajstić information content (AvgIpc) is 3.08. The van der Waals surface area contributed by atoms with Gasteiger partial charge in [0.25, 0.3) is 0 Å². The third-order valence-electron chi connectivity index (χ3n) is 4.05. The van der Waals surface area contributed by atoms with E-state index in [1.165, 1.54) is 17.9 Å². The molecule has 0 aliphatic rings. The highest BCUT2D eigenvalue weighted by Crippen LogP contribution is 2.26. The molecule has 0 aliphatic heterocycles. The molecule has 3 heterocycles. The lowest BCUT2D eigenvalue weighted by molar-refractivity contribution is 0.121. The third kappa shape index (κ3) is 4.81. The summed E-state index contributed by atoms with van der Waals surface area (Å²) >= 11 is 6.04. The Morgan fingerprint density at radius 2 is 2.00 bits per heavy atom. The molecule has 0 aromatic carbocycles. The number of urea groups is 1. The quantitative estimate of drug-likeness (QED) is 0.529. The summed E-state index contributed by atoms with van der Waals surface area (Å²) in [5.41, 5.74) is 1.87. The van der Waals surface area contributed by atoms with Gasteiger partial charge in [-0.1, -0.05) is 22.9 Å². The Kier molecular flexibility index (Phi) is 6.42. The summed E-state index contributed by atoms with van der Waals surface area (Å²) in [6.45, 7) is 1.69. The molecule has 3 rings (SSSR count). The van der Waals surface area contributed by atoms with Crippen LogP contribution in [0.2, 0.25) is 5.15 Å².